The van der Waals surface area contributed by atoms with Gasteiger partial charge in [0.2, 0.25) is 0 Å². The number of cyclic esters (lactones) is 1. The van der Waals surface area contributed by atoms with Crippen molar-refractivity contribution in [2.24, 2.45) is 0 Å². The molecule has 8 nitrogen and oxygen atoms in total. The Kier molecular flexibility index (Phi) is 5.15. The summed E-state index contributed by atoms with van der Waals surface area (Å²) < 4.78 is 17.2. The van der Waals surface area contributed by atoms with Crippen LogP contribution in [0.2, 0.25) is 0 Å². The maximum absolute atomic E-state index is 12.1. The maximum Gasteiger partial charge on any atom is 0.407 e. The SMILES string of the molecule is O=C1NCCCOc2ccc3[nH]nc4c3c2C=C(CO1)C(N1CCOCC1)=CC=C4. The Morgan fingerprint density at radius 3 is 2.90 bits per heavy atom. The molecule has 5 rings (SSSR count). The van der Waals surface area contributed by atoms with Gasteiger partial charge in [0.15, 0.2) is 0 Å². The number of carbonyl (C=O) groups excluding carboxylic acids is 1. The zero-order valence-electron chi connectivity index (χ0n) is 16.6. The Balaban J connectivity index is 1.68. The van der Waals surface area contributed by atoms with Crippen LogP contribution in [0.3, 0.4) is 0 Å². The zero-order chi connectivity index (χ0) is 20.3. The van der Waals surface area contributed by atoms with Gasteiger partial charge in [-0.25, -0.2) is 4.79 Å². The van der Waals surface area contributed by atoms with Crippen molar-refractivity contribution < 1.29 is 19.0 Å². The number of H-pyrrole nitrogens is 1. The lowest BCUT2D eigenvalue weighted by molar-refractivity contribution is 0.0539. The fourth-order valence-corrected chi connectivity index (χ4v) is 3.99. The molecule has 0 atom stereocenters. The number of hydrogen-bond acceptors (Lipinski definition) is 6. The van der Waals surface area contributed by atoms with Crippen molar-refractivity contribution in [2.45, 2.75) is 6.42 Å². The monoisotopic (exact) mass is 408 g/mol. The summed E-state index contributed by atoms with van der Waals surface area (Å²) in [4.78, 5) is 14.4. The fraction of sp³-hybridized carbons (Fsp3) is 0.364. The highest BCUT2D eigenvalue weighted by Gasteiger charge is 2.22. The van der Waals surface area contributed by atoms with E-state index in [4.69, 9.17) is 14.2 Å². The van der Waals surface area contributed by atoms with Gasteiger partial charge in [-0.3, -0.25) is 5.10 Å². The molecule has 3 aliphatic rings. The van der Waals surface area contributed by atoms with Crippen LogP contribution in [0.15, 0.2) is 35.6 Å². The molecular formula is C22H24N4O4. The number of morpholine rings is 1. The summed E-state index contributed by atoms with van der Waals surface area (Å²) in [6, 6.07) is 3.96. The van der Waals surface area contributed by atoms with Gasteiger partial charge >= 0.3 is 6.09 Å². The molecular weight excluding hydrogens is 384 g/mol. The van der Waals surface area contributed by atoms with Gasteiger partial charge in [0.25, 0.3) is 0 Å². The van der Waals surface area contributed by atoms with Crippen molar-refractivity contribution in [3.05, 3.63) is 46.8 Å². The Hall–Kier alpha value is -3.26. The van der Waals surface area contributed by atoms with Gasteiger partial charge in [-0.1, -0.05) is 6.08 Å². The second-order valence-electron chi connectivity index (χ2n) is 7.39. The van der Waals surface area contributed by atoms with Crippen molar-refractivity contribution in [1.82, 2.24) is 20.4 Å². The molecule has 0 saturated carbocycles. The summed E-state index contributed by atoms with van der Waals surface area (Å²) in [6.07, 6.45) is 8.39. The van der Waals surface area contributed by atoms with Crippen molar-refractivity contribution in [1.29, 1.82) is 0 Å². The number of ether oxygens (including phenoxy) is 3. The highest BCUT2D eigenvalue weighted by atomic mass is 16.5. The third-order valence-electron chi connectivity index (χ3n) is 5.47. The predicted molar refractivity (Wildman–Crippen MR) is 113 cm³/mol. The first-order chi connectivity index (χ1) is 14.8. The second-order valence-corrected chi connectivity index (χ2v) is 7.39. The number of carbonyl (C=O) groups is 1. The van der Waals surface area contributed by atoms with Gasteiger partial charge in [0.05, 0.1) is 31.0 Å². The summed E-state index contributed by atoms with van der Waals surface area (Å²) in [5.41, 5.74) is 4.65. The van der Waals surface area contributed by atoms with Gasteiger partial charge in [-0.05, 0) is 36.8 Å². The Morgan fingerprint density at radius 1 is 1.10 bits per heavy atom. The number of aromatic amines is 1. The van der Waals surface area contributed by atoms with Gasteiger partial charge in [-0.15, -0.1) is 0 Å². The average Bonchev–Trinajstić information content (AvgIpc) is 3.20. The van der Waals surface area contributed by atoms with E-state index in [-0.39, 0.29) is 6.61 Å². The number of alkyl carbamates (subject to hydrolysis) is 1. The van der Waals surface area contributed by atoms with Gasteiger partial charge in [0.1, 0.15) is 12.4 Å². The van der Waals surface area contributed by atoms with E-state index < -0.39 is 6.09 Å². The Labute approximate surface area is 174 Å². The van der Waals surface area contributed by atoms with E-state index in [0.717, 1.165) is 52.3 Å². The van der Waals surface area contributed by atoms with E-state index in [1.807, 2.05) is 24.3 Å². The number of allylic oxidation sites excluding steroid dienone is 2. The van der Waals surface area contributed by atoms with E-state index >= 15 is 0 Å². The number of rotatable bonds is 1. The van der Waals surface area contributed by atoms with Crippen LogP contribution < -0.4 is 10.1 Å². The molecule has 8 heteroatoms. The normalized spacial score (nSPS) is 19.9. The molecule has 1 saturated heterocycles. The van der Waals surface area contributed by atoms with Crippen molar-refractivity contribution in [2.75, 3.05) is 46.1 Å². The van der Waals surface area contributed by atoms with Crippen LogP contribution in [0.25, 0.3) is 23.1 Å². The van der Waals surface area contributed by atoms with Gasteiger partial charge in [0, 0.05) is 41.9 Å². The van der Waals surface area contributed by atoms with E-state index in [2.05, 4.69) is 32.6 Å². The van der Waals surface area contributed by atoms with Crippen LogP contribution in [0, 0.1) is 0 Å². The molecule has 2 aromatic rings. The van der Waals surface area contributed by atoms with E-state index in [1.54, 1.807) is 0 Å². The summed E-state index contributed by atoms with van der Waals surface area (Å²) in [7, 11) is 0. The molecule has 2 bridgehead atoms. The third kappa shape index (κ3) is 3.66. The van der Waals surface area contributed by atoms with Crippen LogP contribution in [0.1, 0.15) is 17.7 Å². The predicted octanol–water partition coefficient (Wildman–Crippen LogP) is 2.70. The second kappa shape index (κ2) is 8.23. The largest absolute Gasteiger partial charge is 0.493 e. The summed E-state index contributed by atoms with van der Waals surface area (Å²) in [6.45, 7) is 4.05. The third-order valence-corrected chi connectivity index (χ3v) is 5.47. The first kappa shape index (κ1) is 18.7. The molecule has 3 heterocycles. The van der Waals surface area contributed by atoms with Crippen molar-refractivity contribution in [3.63, 3.8) is 0 Å². The molecule has 0 radical (unpaired) electrons. The summed E-state index contributed by atoms with van der Waals surface area (Å²) >= 11 is 0. The fourth-order valence-electron chi connectivity index (χ4n) is 3.99. The van der Waals surface area contributed by atoms with E-state index in [9.17, 15) is 4.79 Å². The summed E-state index contributed by atoms with van der Waals surface area (Å²) in [5, 5.41) is 11.4. The molecule has 1 fully saturated rings. The van der Waals surface area contributed by atoms with Gasteiger partial charge < -0.3 is 24.4 Å². The number of benzene rings is 1. The van der Waals surface area contributed by atoms with Gasteiger partial charge in [-0.2, -0.15) is 5.10 Å². The van der Waals surface area contributed by atoms with Crippen LogP contribution in [0.4, 0.5) is 4.79 Å². The smallest absolute Gasteiger partial charge is 0.407 e. The Bertz CT molecular complexity index is 1050. The van der Waals surface area contributed by atoms with Crippen LogP contribution in [-0.4, -0.2) is 67.3 Å². The molecule has 1 aromatic heterocycles. The number of aromatic nitrogens is 2. The molecule has 0 spiro atoms. The quantitative estimate of drug-likeness (QED) is 0.754. The van der Waals surface area contributed by atoms with Crippen LogP contribution >= 0.6 is 0 Å². The lowest BCUT2D eigenvalue weighted by atomic mass is 10.0. The minimum Gasteiger partial charge on any atom is -0.493 e. The first-order valence-electron chi connectivity index (χ1n) is 10.3. The Morgan fingerprint density at radius 2 is 2.00 bits per heavy atom. The first-order valence-corrected chi connectivity index (χ1v) is 10.3. The molecule has 30 heavy (non-hydrogen) atoms. The summed E-state index contributed by atoms with van der Waals surface area (Å²) in [5.74, 6) is 0.797. The van der Waals surface area contributed by atoms with Crippen molar-refractivity contribution >= 4 is 29.1 Å². The number of nitrogens with one attached hydrogen (secondary N) is 2. The van der Waals surface area contributed by atoms with Crippen LogP contribution in [0.5, 0.6) is 5.75 Å². The molecule has 2 aliphatic heterocycles. The maximum atomic E-state index is 12.1. The molecule has 156 valence electrons. The lowest BCUT2D eigenvalue weighted by Crippen LogP contribution is -2.37. The molecule has 1 aromatic carbocycles. The zero-order valence-corrected chi connectivity index (χ0v) is 16.6. The molecule has 1 aliphatic carbocycles. The minimum atomic E-state index is -0.421. The van der Waals surface area contributed by atoms with E-state index in [0.29, 0.717) is 32.8 Å². The van der Waals surface area contributed by atoms with Crippen LogP contribution in [-0.2, 0) is 9.47 Å². The number of hydrogen-bond donors (Lipinski definition) is 2. The number of amides is 1. The molecule has 0 unspecified atom stereocenters. The number of nitrogens with zero attached hydrogens (tertiary/aromatic N) is 2. The topological polar surface area (TPSA) is 88.7 Å². The van der Waals surface area contributed by atoms with E-state index in [1.165, 1.54) is 0 Å². The highest BCUT2D eigenvalue weighted by molar-refractivity contribution is 5.97. The van der Waals surface area contributed by atoms with Crippen molar-refractivity contribution in [3.8, 4) is 5.75 Å². The highest BCUT2D eigenvalue weighted by Crippen LogP contribution is 2.35. The minimum absolute atomic E-state index is 0.159. The molecule has 1 amide bonds. The molecule has 2 N–H and O–H groups in total. The standard InChI is InChI=1S/C22H24N4O4/c27-22-23-7-2-10-29-20-6-5-18-21-16(20)13-15(14-30-22)19(26-8-11-28-12-9-26)4-1-3-17(21)24-25-18/h1,3-6,13H,2,7-12,14H2,(H,23,27)(H,24,25). The lowest BCUT2D eigenvalue weighted by Gasteiger charge is -2.32. The average molecular weight is 408 g/mol.